The summed E-state index contributed by atoms with van der Waals surface area (Å²) in [6.07, 6.45) is 3.56. The SMILES string of the molecule is CC(C)(C)c1ncc(CNCc2csc(-c3ccco3)n2)[nH]1. The van der Waals surface area contributed by atoms with Crippen molar-refractivity contribution >= 4 is 11.3 Å². The van der Waals surface area contributed by atoms with E-state index in [0.717, 1.165) is 41.1 Å². The van der Waals surface area contributed by atoms with Crippen LogP contribution in [0.15, 0.2) is 34.4 Å². The van der Waals surface area contributed by atoms with Crippen LogP contribution in [0.3, 0.4) is 0 Å². The molecule has 2 N–H and O–H groups in total. The van der Waals surface area contributed by atoms with Crippen molar-refractivity contribution in [2.75, 3.05) is 0 Å². The van der Waals surface area contributed by atoms with E-state index in [0.29, 0.717) is 0 Å². The molecule has 0 aliphatic rings. The van der Waals surface area contributed by atoms with Crippen molar-refractivity contribution < 1.29 is 4.42 Å². The van der Waals surface area contributed by atoms with Crippen molar-refractivity contribution in [2.45, 2.75) is 39.3 Å². The maximum Gasteiger partial charge on any atom is 0.162 e. The average Bonchev–Trinajstić information content (AvgIpc) is 3.19. The zero-order valence-corrected chi connectivity index (χ0v) is 13.8. The molecule has 6 heteroatoms. The third-order valence-corrected chi connectivity index (χ3v) is 4.15. The van der Waals surface area contributed by atoms with Gasteiger partial charge in [-0.2, -0.15) is 0 Å². The monoisotopic (exact) mass is 316 g/mol. The quantitative estimate of drug-likeness (QED) is 0.753. The van der Waals surface area contributed by atoms with Crippen molar-refractivity contribution in [2.24, 2.45) is 0 Å². The Bertz CT molecular complexity index is 722. The van der Waals surface area contributed by atoms with E-state index in [1.165, 1.54) is 0 Å². The van der Waals surface area contributed by atoms with Gasteiger partial charge in [0.05, 0.1) is 12.0 Å². The lowest BCUT2D eigenvalue weighted by molar-refractivity contribution is 0.549. The van der Waals surface area contributed by atoms with Crippen LogP contribution in [-0.2, 0) is 18.5 Å². The molecule has 0 aliphatic carbocycles. The molecule has 3 aromatic heterocycles. The predicted octanol–water partition coefficient (Wildman–Crippen LogP) is 3.71. The normalized spacial score (nSPS) is 12.0. The van der Waals surface area contributed by atoms with E-state index in [4.69, 9.17) is 4.42 Å². The molecule has 0 radical (unpaired) electrons. The van der Waals surface area contributed by atoms with E-state index in [2.05, 4.69) is 46.4 Å². The smallest absolute Gasteiger partial charge is 0.162 e. The van der Waals surface area contributed by atoms with Gasteiger partial charge in [0, 0.05) is 35.8 Å². The van der Waals surface area contributed by atoms with Crippen molar-refractivity contribution in [1.29, 1.82) is 0 Å². The molecule has 0 fully saturated rings. The molecule has 5 nitrogen and oxygen atoms in total. The number of hydrogen-bond acceptors (Lipinski definition) is 5. The zero-order valence-electron chi connectivity index (χ0n) is 13.0. The zero-order chi connectivity index (χ0) is 15.6. The van der Waals surface area contributed by atoms with Gasteiger partial charge in [0.25, 0.3) is 0 Å². The molecule has 0 atom stereocenters. The molecular weight excluding hydrogens is 296 g/mol. The topological polar surface area (TPSA) is 66.7 Å². The Balaban J connectivity index is 1.54. The Hall–Kier alpha value is -1.92. The number of rotatable bonds is 5. The first-order chi connectivity index (χ1) is 10.5. The molecule has 0 unspecified atom stereocenters. The maximum atomic E-state index is 5.36. The molecule has 3 heterocycles. The number of furan rings is 1. The van der Waals surface area contributed by atoms with Crippen molar-refractivity contribution in [3.8, 4) is 10.8 Å². The van der Waals surface area contributed by atoms with Gasteiger partial charge in [0.15, 0.2) is 10.8 Å². The number of thiazole rings is 1. The summed E-state index contributed by atoms with van der Waals surface area (Å²) in [6.45, 7) is 7.91. The number of H-pyrrole nitrogens is 1. The summed E-state index contributed by atoms with van der Waals surface area (Å²) < 4.78 is 5.36. The first-order valence-corrected chi connectivity index (χ1v) is 8.14. The lowest BCUT2D eigenvalue weighted by atomic mass is 9.96. The van der Waals surface area contributed by atoms with Gasteiger partial charge >= 0.3 is 0 Å². The second-order valence-corrected chi connectivity index (χ2v) is 7.09. The molecule has 116 valence electrons. The van der Waals surface area contributed by atoms with Crippen LogP contribution in [0.25, 0.3) is 10.8 Å². The number of imidazole rings is 1. The number of hydrogen-bond donors (Lipinski definition) is 2. The lowest BCUT2D eigenvalue weighted by Gasteiger charge is -2.14. The first kappa shape index (κ1) is 15.0. The molecule has 3 aromatic rings. The van der Waals surface area contributed by atoms with Gasteiger partial charge in [-0.25, -0.2) is 9.97 Å². The standard InChI is InChI=1S/C16H20N4OS/c1-16(2,3)15-18-9-11(20-15)7-17-8-12-10-22-14(19-12)13-5-4-6-21-13/h4-6,9-10,17H,7-8H2,1-3H3,(H,18,20). The van der Waals surface area contributed by atoms with E-state index in [1.54, 1.807) is 17.6 Å². The summed E-state index contributed by atoms with van der Waals surface area (Å²) in [4.78, 5) is 12.4. The molecule has 0 amide bonds. The van der Waals surface area contributed by atoms with Gasteiger partial charge < -0.3 is 14.7 Å². The van der Waals surface area contributed by atoms with Crippen molar-refractivity contribution in [3.05, 3.63) is 47.2 Å². The van der Waals surface area contributed by atoms with Crippen LogP contribution in [-0.4, -0.2) is 15.0 Å². The summed E-state index contributed by atoms with van der Waals surface area (Å²) in [5, 5.41) is 6.35. The lowest BCUT2D eigenvalue weighted by Crippen LogP contribution is -2.15. The minimum Gasteiger partial charge on any atom is -0.462 e. The van der Waals surface area contributed by atoms with Gasteiger partial charge in [-0.1, -0.05) is 20.8 Å². The summed E-state index contributed by atoms with van der Waals surface area (Å²) in [6, 6.07) is 3.80. The van der Waals surface area contributed by atoms with Crippen LogP contribution in [0.5, 0.6) is 0 Å². The summed E-state index contributed by atoms with van der Waals surface area (Å²) in [5.74, 6) is 1.83. The number of aromatic nitrogens is 3. The fraction of sp³-hybridized carbons (Fsp3) is 0.375. The Morgan fingerprint density at radius 1 is 1.32 bits per heavy atom. The molecular formula is C16H20N4OS. The first-order valence-electron chi connectivity index (χ1n) is 7.26. The minimum atomic E-state index is 0.0467. The number of nitrogens with one attached hydrogen (secondary N) is 2. The molecule has 22 heavy (non-hydrogen) atoms. The van der Waals surface area contributed by atoms with Crippen LogP contribution in [0.2, 0.25) is 0 Å². The summed E-state index contributed by atoms with van der Waals surface area (Å²) in [7, 11) is 0. The molecule has 3 rings (SSSR count). The molecule has 0 bridgehead atoms. The highest BCUT2D eigenvalue weighted by Gasteiger charge is 2.17. The van der Waals surface area contributed by atoms with Gasteiger partial charge in [0.2, 0.25) is 0 Å². The largest absolute Gasteiger partial charge is 0.462 e. The molecule has 0 spiro atoms. The van der Waals surface area contributed by atoms with E-state index < -0.39 is 0 Å². The van der Waals surface area contributed by atoms with Crippen LogP contribution in [0.4, 0.5) is 0 Å². The molecule has 0 saturated heterocycles. The highest BCUT2D eigenvalue weighted by atomic mass is 32.1. The van der Waals surface area contributed by atoms with Crippen molar-refractivity contribution in [1.82, 2.24) is 20.3 Å². The van der Waals surface area contributed by atoms with E-state index in [-0.39, 0.29) is 5.41 Å². The Morgan fingerprint density at radius 2 is 2.18 bits per heavy atom. The Labute approximate surface area is 133 Å². The minimum absolute atomic E-state index is 0.0467. The third-order valence-electron chi connectivity index (χ3n) is 3.24. The van der Waals surface area contributed by atoms with Crippen molar-refractivity contribution in [3.63, 3.8) is 0 Å². The Kier molecular flexibility index (Phi) is 4.13. The molecule has 0 aromatic carbocycles. The van der Waals surface area contributed by atoms with Gasteiger partial charge in [0.1, 0.15) is 5.82 Å². The molecule has 0 aliphatic heterocycles. The summed E-state index contributed by atoms with van der Waals surface area (Å²) >= 11 is 1.60. The second kappa shape index (κ2) is 6.06. The molecule has 0 saturated carbocycles. The van der Waals surface area contributed by atoms with Crippen LogP contribution in [0, 0.1) is 0 Å². The fourth-order valence-corrected chi connectivity index (χ4v) is 2.84. The summed E-state index contributed by atoms with van der Waals surface area (Å²) in [5.41, 5.74) is 2.16. The van der Waals surface area contributed by atoms with E-state index >= 15 is 0 Å². The number of aromatic amines is 1. The number of nitrogens with zero attached hydrogens (tertiary/aromatic N) is 2. The maximum absolute atomic E-state index is 5.36. The van der Waals surface area contributed by atoms with Crippen LogP contribution < -0.4 is 5.32 Å². The predicted molar refractivity (Wildman–Crippen MR) is 87.6 cm³/mol. The Morgan fingerprint density at radius 3 is 2.86 bits per heavy atom. The van der Waals surface area contributed by atoms with E-state index in [1.807, 2.05) is 18.3 Å². The third kappa shape index (κ3) is 3.45. The van der Waals surface area contributed by atoms with Crippen LogP contribution >= 0.6 is 11.3 Å². The van der Waals surface area contributed by atoms with Gasteiger partial charge in [-0.05, 0) is 12.1 Å². The average molecular weight is 316 g/mol. The van der Waals surface area contributed by atoms with Crippen LogP contribution in [0.1, 0.15) is 38.0 Å². The highest BCUT2D eigenvalue weighted by molar-refractivity contribution is 7.13. The van der Waals surface area contributed by atoms with Gasteiger partial charge in [-0.3, -0.25) is 0 Å². The highest BCUT2D eigenvalue weighted by Crippen LogP contribution is 2.24. The van der Waals surface area contributed by atoms with Gasteiger partial charge in [-0.15, -0.1) is 11.3 Å². The second-order valence-electron chi connectivity index (χ2n) is 6.23. The van der Waals surface area contributed by atoms with E-state index in [9.17, 15) is 0 Å². The fourth-order valence-electron chi connectivity index (χ4n) is 2.06.